The number of hydrogen-bond acceptors (Lipinski definition) is 2. The van der Waals surface area contributed by atoms with Gasteiger partial charge in [-0.1, -0.05) is 13.8 Å². The third-order valence-electron chi connectivity index (χ3n) is 3.27. The van der Waals surface area contributed by atoms with Crippen molar-refractivity contribution < 1.29 is 4.39 Å². The minimum absolute atomic E-state index is 0.182. The number of nitrogens with one attached hydrogen (secondary N) is 1. The van der Waals surface area contributed by atoms with Crippen molar-refractivity contribution in [2.45, 2.75) is 46.2 Å². The molecule has 3 nitrogen and oxygen atoms in total. The molecule has 0 saturated carbocycles. The molecule has 1 aromatic heterocycles. The van der Waals surface area contributed by atoms with Crippen LogP contribution in [0.5, 0.6) is 0 Å². The van der Waals surface area contributed by atoms with E-state index in [1.54, 1.807) is 0 Å². The van der Waals surface area contributed by atoms with Crippen molar-refractivity contribution in [2.75, 3.05) is 6.54 Å². The van der Waals surface area contributed by atoms with Gasteiger partial charge in [-0.05, 0) is 38.4 Å². The number of rotatable bonds is 6. The van der Waals surface area contributed by atoms with Crippen molar-refractivity contribution in [2.24, 2.45) is 0 Å². The second-order valence-electron chi connectivity index (χ2n) is 4.93. The Morgan fingerprint density at radius 3 is 2.79 bits per heavy atom. The van der Waals surface area contributed by atoms with Crippen molar-refractivity contribution in [1.82, 2.24) is 14.9 Å². The van der Waals surface area contributed by atoms with E-state index in [1.165, 1.54) is 12.1 Å². The lowest BCUT2D eigenvalue weighted by molar-refractivity contribution is 0.513. The van der Waals surface area contributed by atoms with Crippen LogP contribution in [0.15, 0.2) is 18.2 Å². The summed E-state index contributed by atoms with van der Waals surface area (Å²) in [5, 5.41) is 3.45. The predicted molar refractivity (Wildman–Crippen MR) is 76.7 cm³/mol. The average Bonchev–Trinajstić information content (AvgIpc) is 2.74. The molecule has 0 aliphatic rings. The molecule has 0 radical (unpaired) electrons. The van der Waals surface area contributed by atoms with Gasteiger partial charge in [-0.15, -0.1) is 0 Å². The van der Waals surface area contributed by atoms with Gasteiger partial charge in [0.25, 0.3) is 0 Å². The number of halogens is 1. The maximum absolute atomic E-state index is 13.3. The first kappa shape index (κ1) is 14.0. The van der Waals surface area contributed by atoms with E-state index in [0.717, 1.165) is 42.8 Å². The van der Waals surface area contributed by atoms with Crippen LogP contribution >= 0.6 is 0 Å². The Kier molecular flexibility index (Phi) is 4.53. The summed E-state index contributed by atoms with van der Waals surface area (Å²) in [6.07, 6.45) is 2.13. The molecule has 0 aliphatic carbocycles. The minimum atomic E-state index is -0.227. The molecule has 0 fully saturated rings. The molecule has 1 N–H and O–H groups in total. The van der Waals surface area contributed by atoms with Crippen LogP contribution in [0.4, 0.5) is 4.39 Å². The fraction of sp³-hybridized carbons (Fsp3) is 0.533. The van der Waals surface area contributed by atoms with Gasteiger partial charge in [0.05, 0.1) is 17.1 Å². The van der Waals surface area contributed by atoms with E-state index in [0.29, 0.717) is 0 Å². The van der Waals surface area contributed by atoms with E-state index >= 15 is 0 Å². The summed E-state index contributed by atoms with van der Waals surface area (Å²) in [5.41, 5.74) is 1.76. The maximum Gasteiger partial charge on any atom is 0.126 e. The fourth-order valence-corrected chi connectivity index (χ4v) is 2.36. The van der Waals surface area contributed by atoms with Crippen LogP contribution in [0.1, 0.15) is 45.5 Å². The van der Waals surface area contributed by atoms with Gasteiger partial charge < -0.3 is 9.88 Å². The van der Waals surface area contributed by atoms with Gasteiger partial charge in [0.15, 0.2) is 0 Å². The Hall–Kier alpha value is -1.42. The molecular weight excluding hydrogens is 241 g/mol. The van der Waals surface area contributed by atoms with Crippen LogP contribution in [0.2, 0.25) is 0 Å². The zero-order valence-corrected chi connectivity index (χ0v) is 11.9. The van der Waals surface area contributed by atoms with Crippen LogP contribution in [0.25, 0.3) is 11.0 Å². The van der Waals surface area contributed by atoms with Crippen molar-refractivity contribution in [3.05, 3.63) is 29.8 Å². The average molecular weight is 263 g/mol. The molecule has 19 heavy (non-hydrogen) atoms. The van der Waals surface area contributed by atoms with Crippen LogP contribution < -0.4 is 5.32 Å². The number of nitrogens with zero attached hydrogens (tertiary/aromatic N) is 2. The zero-order valence-electron chi connectivity index (χ0n) is 11.9. The lowest BCUT2D eigenvalue weighted by atomic mass is 10.3. The first-order valence-corrected chi connectivity index (χ1v) is 7.06. The van der Waals surface area contributed by atoms with Crippen LogP contribution in [-0.2, 0) is 6.54 Å². The summed E-state index contributed by atoms with van der Waals surface area (Å²) in [4.78, 5) is 4.61. The topological polar surface area (TPSA) is 29.9 Å². The number of hydrogen-bond donors (Lipinski definition) is 1. The van der Waals surface area contributed by atoms with Gasteiger partial charge in [-0.3, -0.25) is 0 Å². The third-order valence-corrected chi connectivity index (χ3v) is 3.27. The molecule has 0 spiro atoms. The maximum atomic E-state index is 13.3. The molecule has 104 valence electrons. The van der Waals surface area contributed by atoms with E-state index in [-0.39, 0.29) is 11.9 Å². The molecular formula is C15H22FN3. The largest absolute Gasteiger partial charge is 0.327 e. The highest BCUT2D eigenvalue weighted by molar-refractivity contribution is 5.76. The highest BCUT2D eigenvalue weighted by Crippen LogP contribution is 2.22. The summed E-state index contributed by atoms with van der Waals surface area (Å²) in [7, 11) is 0. The summed E-state index contributed by atoms with van der Waals surface area (Å²) in [6, 6.07) is 5.02. The highest BCUT2D eigenvalue weighted by Gasteiger charge is 2.15. The first-order chi connectivity index (χ1) is 9.17. The molecule has 4 heteroatoms. The number of fused-ring (bicyclic) bond motifs is 1. The number of aromatic nitrogens is 2. The van der Waals surface area contributed by atoms with Crippen LogP contribution in [0.3, 0.4) is 0 Å². The molecule has 0 amide bonds. The predicted octanol–water partition coefficient (Wildman–Crippen LogP) is 3.65. The normalized spacial score (nSPS) is 13.1. The Labute approximate surface area is 113 Å². The van der Waals surface area contributed by atoms with Gasteiger partial charge in [-0.2, -0.15) is 0 Å². The number of benzene rings is 1. The van der Waals surface area contributed by atoms with E-state index in [9.17, 15) is 4.39 Å². The van der Waals surface area contributed by atoms with Crippen molar-refractivity contribution >= 4 is 11.0 Å². The summed E-state index contributed by atoms with van der Waals surface area (Å²) < 4.78 is 15.5. The second-order valence-corrected chi connectivity index (χ2v) is 4.93. The summed E-state index contributed by atoms with van der Waals surface area (Å²) in [5.74, 6) is 0.769. The Balaban J connectivity index is 2.43. The Morgan fingerprint density at radius 1 is 1.32 bits per heavy atom. The smallest absolute Gasteiger partial charge is 0.126 e. The van der Waals surface area contributed by atoms with Crippen LogP contribution in [-0.4, -0.2) is 16.1 Å². The van der Waals surface area contributed by atoms with E-state index in [1.807, 2.05) is 6.07 Å². The molecule has 0 bridgehead atoms. The lowest BCUT2D eigenvalue weighted by Crippen LogP contribution is -2.22. The molecule has 0 saturated heterocycles. The van der Waals surface area contributed by atoms with Gasteiger partial charge in [0, 0.05) is 12.6 Å². The molecule has 1 atom stereocenters. The van der Waals surface area contributed by atoms with Gasteiger partial charge >= 0.3 is 0 Å². The third kappa shape index (κ3) is 2.95. The molecule has 0 aliphatic heterocycles. The first-order valence-electron chi connectivity index (χ1n) is 7.06. The van der Waals surface area contributed by atoms with Gasteiger partial charge in [0.1, 0.15) is 11.6 Å². The number of imidazole rings is 1. The zero-order chi connectivity index (χ0) is 13.8. The second kappa shape index (κ2) is 6.15. The molecule has 2 aromatic rings. The Morgan fingerprint density at radius 2 is 2.11 bits per heavy atom. The summed E-state index contributed by atoms with van der Waals surface area (Å²) in [6.45, 7) is 8.27. The molecule has 1 heterocycles. The van der Waals surface area contributed by atoms with Gasteiger partial charge in [-0.25, -0.2) is 9.37 Å². The van der Waals surface area contributed by atoms with E-state index in [4.69, 9.17) is 0 Å². The van der Waals surface area contributed by atoms with Crippen molar-refractivity contribution in [3.8, 4) is 0 Å². The fourth-order valence-electron chi connectivity index (χ4n) is 2.36. The standard InChI is InChI=1S/C15H22FN3/c1-4-8-17-11(3)15-18-13-10-12(16)6-7-14(13)19(15)9-5-2/h6-7,10-11,17H,4-5,8-9H2,1-3H3. The van der Waals surface area contributed by atoms with Crippen molar-refractivity contribution in [1.29, 1.82) is 0 Å². The number of aryl methyl sites for hydroxylation is 1. The quantitative estimate of drug-likeness (QED) is 0.862. The van der Waals surface area contributed by atoms with Crippen LogP contribution in [0, 0.1) is 5.82 Å². The highest BCUT2D eigenvalue weighted by atomic mass is 19.1. The SMILES string of the molecule is CCCNC(C)c1nc2cc(F)ccc2n1CCC. The molecule has 1 unspecified atom stereocenters. The van der Waals surface area contributed by atoms with Crippen molar-refractivity contribution in [3.63, 3.8) is 0 Å². The van der Waals surface area contributed by atoms with E-state index in [2.05, 4.69) is 35.6 Å². The molecule has 1 aromatic carbocycles. The van der Waals surface area contributed by atoms with E-state index < -0.39 is 0 Å². The lowest BCUT2D eigenvalue weighted by Gasteiger charge is -2.15. The Bertz CT molecular complexity index is 548. The summed E-state index contributed by atoms with van der Waals surface area (Å²) >= 11 is 0. The van der Waals surface area contributed by atoms with Gasteiger partial charge in [0.2, 0.25) is 0 Å². The monoisotopic (exact) mass is 263 g/mol. The molecule has 2 rings (SSSR count). The minimum Gasteiger partial charge on any atom is -0.327 e.